The highest BCUT2D eigenvalue weighted by Crippen LogP contribution is 2.28. The molecule has 3 aromatic rings. The first-order valence-corrected chi connectivity index (χ1v) is 8.96. The number of nitrogens with one attached hydrogen (secondary N) is 2. The Kier molecular flexibility index (Phi) is 6.48. The Morgan fingerprint density at radius 2 is 1.93 bits per heavy atom. The molecule has 0 saturated heterocycles. The third-order valence-electron chi connectivity index (χ3n) is 4.20. The average Bonchev–Trinajstić information content (AvgIpc) is 3.22. The molecule has 156 valence electrons. The lowest BCUT2D eigenvalue weighted by Gasteiger charge is -2.10. The fourth-order valence-corrected chi connectivity index (χ4v) is 2.67. The molecule has 0 unspecified atom stereocenters. The molecule has 10 nitrogen and oxygen atoms in total. The summed E-state index contributed by atoms with van der Waals surface area (Å²) in [6.45, 7) is 0.289. The molecule has 0 atom stereocenters. The van der Waals surface area contributed by atoms with Gasteiger partial charge < -0.3 is 24.5 Å². The molecule has 30 heavy (non-hydrogen) atoms. The van der Waals surface area contributed by atoms with E-state index in [1.54, 1.807) is 7.11 Å². The van der Waals surface area contributed by atoms with Gasteiger partial charge in [-0.3, -0.25) is 10.1 Å². The van der Waals surface area contributed by atoms with Crippen molar-refractivity contribution in [3.05, 3.63) is 64.5 Å². The van der Waals surface area contributed by atoms with Crippen LogP contribution >= 0.6 is 0 Å². The van der Waals surface area contributed by atoms with Gasteiger partial charge in [-0.2, -0.15) is 0 Å². The van der Waals surface area contributed by atoms with E-state index in [9.17, 15) is 14.9 Å². The summed E-state index contributed by atoms with van der Waals surface area (Å²) in [6.07, 6.45) is 1.97. The number of hydrogen-bond donors (Lipinski definition) is 2. The minimum absolute atomic E-state index is 0.153. The number of carbonyl (C=O) groups excluding carboxylic acids is 1. The van der Waals surface area contributed by atoms with E-state index in [1.165, 1.54) is 31.6 Å². The minimum atomic E-state index is -0.548. The van der Waals surface area contributed by atoms with Crippen LogP contribution in [0.5, 0.6) is 11.5 Å². The number of hydrogen-bond acceptors (Lipinski definition) is 7. The first-order chi connectivity index (χ1) is 14.5. The number of rotatable bonds is 8. The fourth-order valence-electron chi connectivity index (χ4n) is 2.67. The average molecular weight is 412 g/mol. The number of ether oxygens (including phenoxy) is 2. The van der Waals surface area contributed by atoms with E-state index in [2.05, 4.69) is 15.6 Å². The number of aromatic nitrogens is 1. The number of anilines is 1. The smallest absolute Gasteiger partial charge is 0.319 e. The second kappa shape index (κ2) is 9.41. The van der Waals surface area contributed by atoms with Gasteiger partial charge in [-0.1, -0.05) is 0 Å². The van der Waals surface area contributed by atoms with Gasteiger partial charge in [0.15, 0.2) is 0 Å². The summed E-state index contributed by atoms with van der Waals surface area (Å²) in [7, 11) is 3.01. The van der Waals surface area contributed by atoms with Gasteiger partial charge in [0.05, 0.1) is 30.5 Å². The SMILES string of the molecule is COc1ccc(-c2nc(CCNC(=O)Nc3cc([N+](=O)[O-])ccc3OC)co2)cc1. The van der Waals surface area contributed by atoms with Crippen LogP contribution < -0.4 is 20.1 Å². The number of oxazole rings is 1. The van der Waals surface area contributed by atoms with Gasteiger partial charge in [0.25, 0.3) is 5.69 Å². The lowest BCUT2D eigenvalue weighted by molar-refractivity contribution is -0.384. The van der Waals surface area contributed by atoms with Gasteiger partial charge in [0.2, 0.25) is 5.89 Å². The normalized spacial score (nSPS) is 10.3. The van der Waals surface area contributed by atoms with Crippen LogP contribution in [0.1, 0.15) is 5.69 Å². The highest BCUT2D eigenvalue weighted by atomic mass is 16.6. The minimum Gasteiger partial charge on any atom is -0.497 e. The quantitative estimate of drug-likeness (QED) is 0.427. The molecule has 10 heteroatoms. The Morgan fingerprint density at radius 3 is 2.60 bits per heavy atom. The fraction of sp³-hybridized carbons (Fsp3) is 0.200. The summed E-state index contributed by atoms with van der Waals surface area (Å²) >= 11 is 0. The van der Waals surface area contributed by atoms with Crippen molar-refractivity contribution in [2.24, 2.45) is 0 Å². The van der Waals surface area contributed by atoms with Crippen molar-refractivity contribution in [3.63, 3.8) is 0 Å². The van der Waals surface area contributed by atoms with Crippen LogP contribution in [-0.4, -0.2) is 36.7 Å². The predicted octanol–water partition coefficient (Wildman–Crippen LogP) is 3.63. The van der Waals surface area contributed by atoms with Crippen LogP contribution in [0.3, 0.4) is 0 Å². The summed E-state index contributed by atoms with van der Waals surface area (Å²) in [5.41, 5.74) is 1.53. The number of nitrogens with zero attached hydrogens (tertiary/aromatic N) is 2. The summed E-state index contributed by atoms with van der Waals surface area (Å²) in [6, 6.07) is 10.7. The van der Waals surface area contributed by atoms with Gasteiger partial charge in [-0.25, -0.2) is 9.78 Å². The molecule has 0 fully saturated rings. The van der Waals surface area contributed by atoms with Crippen molar-refractivity contribution in [1.82, 2.24) is 10.3 Å². The monoisotopic (exact) mass is 412 g/mol. The molecule has 0 bridgehead atoms. The number of methoxy groups -OCH3 is 2. The molecule has 2 N–H and O–H groups in total. The van der Waals surface area contributed by atoms with Crippen LogP contribution in [0.15, 0.2) is 53.1 Å². The lowest BCUT2D eigenvalue weighted by Crippen LogP contribution is -2.30. The second-order valence-corrected chi connectivity index (χ2v) is 6.15. The summed E-state index contributed by atoms with van der Waals surface area (Å²) in [4.78, 5) is 26.9. The Morgan fingerprint density at radius 1 is 1.17 bits per heavy atom. The predicted molar refractivity (Wildman–Crippen MR) is 109 cm³/mol. The number of urea groups is 1. The number of carbonyl (C=O) groups is 1. The zero-order valence-corrected chi connectivity index (χ0v) is 16.4. The molecule has 0 spiro atoms. The Labute approximate surface area is 172 Å². The topological polar surface area (TPSA) is 129 Å². The van der Waals surface area contributed by atoms with E-state index in [0.29, 0.717) is 23.8 Å². The number of nitro groups is 1. The highest BCUT2D eigenvalue weighted by Gasteiger charge is 2.14. The van der Waals surface area contributed by atoms with Gasteiger partial charge in [-0.05, 0) is 30.3 Å². The highest BCUT2D eigenvalue weighted by molar-refractivity contribution is 5.91. The van der Waals surface area contributed by atoms with Crippen molar-refractivity contribution in [3.8, 4) is 23.0 Å². The first-order valence-electron chi connectivity index (χ1n) is 8.96. The standard InChI is InChI=1S/C20H20N4O6/c1-28-16-6-3-13(4-7-16)19-22-14(12-30-19)9-10-21-20(25)23-17-11-15(24(26)27)5-8-18(17)29-2/h3-8,11-12H,9-10H2,1-2H3,(H2,21,23,25). The third kappa shape index (κ3) is 5.04. The molecule has 0 radical (unpaired) electrons. The van der Waals surface area contributed by atoms with E-state index >= 15 is 0 Å². The number of non-ortho nitro benzene ring substituents is 1. The van der Waals surface area contributed by atoms with Crippen molar-refractivity contribution in [2.75, 3.05) is 26.1 Å². The van der Waals surface area contributed by atoms with Crippen LogP contribution in [0.4, 0.5) is 16.2 Å². The molecule has 1 heterocycles. The van der Waals surface area contributed by atoms with E-state index < -0.39 is 11.0 Å². The van der Waals surface area contributed by atoms with E-state index in [-0.39, 0.29) is 17.9 Å². The third-order valence-corrected chi connectivity index (χ3v) is 4.20. The van der Waals surface area contributed by atoms with Crippen molar-refractivity contribution in [2.45, 2.75) is 6.42 Å². The van der Waals surface area contributed by atoms with Crippen LogP contribution in [0, 0.1) is 10.1 Å². The van der Waals surface area contributed by atoms with Gasteiger partial charge >= 0.3 is 6.03 Å². The summed E-state index contributed by atoms with van der Waals surface area (Å²) < 4.78 is 15.7. The molecule has 0 aliphatic carbocycles. The van der Waals surface area contributed by atoms with Crippen LogP contribution in [-0.2, 0) is 6.42 Å². The molecule has 0 saturated carbocycles. The molecule has 1 aromatic heterocycles. The molecule has 2 amide bonds. The van der Waals surface area contributed by atoms with E-state index in [1.807, 2.05) is 24.3 Å². The summed E-state index contributed by atoms with van der Waals surface area (Å²) in [5, 5.41) is 16.1. The van der Waals surface area contributed by atoms with Gasteiger partial charge in [0.1, 0.15) is 17.8 Å². The zero-order chi connectivity index (χ0) is 21.5. The number of nitro benzene ring substituents is 1. The Hall–Kier alpha value is -4.08. The lowest BCUT2D eigenvalue weighted by atomic mass is 10.2. The number of benzene rings is 2. The first kappa shape index (κ1) is 20.6. The Balaban J connectivity index is 1.54. The molecule has 2 aromatic carbocycles. The zero-order valence-electron chi connectivity index (χ0n) is 16.4. The molecule has 3 rings (SSSR count). The molecule has 0 aliphatic heterocycles. The maximum absolute atomic E-state index is 12.1. The second-order valence-electron chi connectivity index (χ2n) is 6.15. The van der Waals surface area contributed by atoms with Crippen LogP contribution in [0.2, 0.25) is 0 Å². The molecule has 0 aliphatic rings. The largest absolute Gasteiger partial charge is 0.497 e. The number of amides is 2. The Bertz CT molecular complexity index is 1030. The maximum atomic E-state index is 12.1. The molecular formula is C20H20N4O6. The molecular weight excluding hydrogens is 392 g/mol. The van der Waals surface area contributed by atoms with E-state index in [4.69, 9.17) is 13.9 Å². The van der Waals surface area contributed by atoms with Gasteiger partial charge in [0, 0.05) is 30.7 Å². The van der Waals surface area contributed by atoms with Crippen molar-refractivity contribution < 1.29 is 23.6 Å². The summed E-state index contributed by atoms with van der Waals surface area (Å²) in [5.74, 6) is 1.52. The maximum Gasteiger partial charge on any atom is 0.319 e. The van der Waals surface area contributed by atoms with Crippen molar-refractivity contribution in [1.29, 1.82) is 0 Å². The van der Waals surface area contributed by atoms with Gasteiger partial charge in [-0.15, -0.1) is 0 Å². The van der Waals surface area contributed by atoms with Crippen molar-refractivity contribution >= 4 is 17.4 Å². The van der Waals surface area contributed by atoms with Crippen LogP contribution in [0.25, 0.3) is 11.5 Å². The van der Waals surface area contributed by atoms with E-state index in [0.717, 1.165) is 11.3 Å².